The van der Waals surface area contributed by atoms with E-state index in [2.05, 4.69) is 71.0 Å². The zero-order valence-corrected chi connectivity index (χ0v) is 19.5. The molecule has 0 unspecified atom stereocenters. The third kappa shape index (κ3) is 5.01. The molecule has 0 atom stereocenters. The molecule has 156 valence electrons. The molecule has 4 rings (SSSR count). The summed E-state index contributed by atoms with van der Waals surface area (Å²) in [6.45, 7) is 5.94. The highest BCUT2D eigenvalue weighted by atomic mass is 79.9. The van der Waals surface area contributed by atoms with Crippen LogP contribution < -0.4 is 0 Å². The van der Waals surface area contributed by atoms with Gasteiger partial charge in [0.1, 0.15) is 0 Å². The molecule has 0 aliphatic rings. The molecule has 32 heavy (non-hydrogen) atoms. The van der Waals surface area contributed by atoms with Gasteiger partial charge in [-0.15, -0.1) is 0 Å². The van der Waals surface area contributed by atoms with E-state index in [0.717, 1.165) is 43.7 Å². The lowest BCUT2D eigenvalue weighted by atomic mass is 10.0. The number of hydrogen-bond donors (Lipinski definition) is 0. The standard InChI is InChI=1S/C29H23BrN2/c1-3-5-9-21(4-2)22-12-14-23(15-13-22)27-20-28(24-16-18-26(30)19-17-24)32-29(31-27)25-10-7-6-8-11-25/h3-20H,2H2,1H3/b5-3-,21-9+. The molecule has 2 nitrogen and oxygen atoms in total. The average molecular weight is 479 g/mol. The molecular weight excluding hydrogens is 456 g/mol. The largest absolute Gasteiger partial charge is 0.228 e. The van der Waals surface area contributed by atoms with E-state index in [1.165, 1.54) is 0 Å². The highest BCUT2D eigenvalue weighted by molar-refractivity contribution is 9.10. The Balaban J connectivity index is 1.80. The summed E-state index contributed by atoms with van der Waals surface area (Å²) in [5.41, 5.74) is 7.07. The Morgan fingerprint density at radius 1 is 0.781 bits per heavy atom. The van der Waals surface area contributed by atoms with Gasteiger partial charge in [-0.2, -0.15) is 0 Å². The molecule has 3 heteroatoms. The molecule has 0 spiro atoms. The van der Waals surface area contributed by atoms with E-state index in [1.54, 1.807) is 0 Å². The van der Waals surface area contributed by atoms with Crippen LogP contribution in [0.5, 0.6) is 0 Å². The van der Waals surface area contributed by atoms with Gasteiger partial charge in [-0.25, -0.2) is 9.97 Å². The number of benzene rings is 3. The number of allylic oxidation sites excluding steroid dienone is 5. The highest BCUT2D eigenvalue weighted by Gasteiger charge is 2.11. The first-order valence-corrected chi connectivity index (χ1v) is 11.2. The van der Waals surface area contributed by atoms with Crippen LogP contribution in [0.2, 0.25) is 0 Å². The van der Waals surface area contributed by atoms with Gasteiger partial charge in [0.25, 0.3) is 0 Å². The van der Waals surface area contributed by atoms with Crippen molar-refractivity contribution >= 4 is 21.5 Å². The summed E-state index contributed by atoms with van der Waals surface area (Å²) in [4.78, 5) is 9.76. The Labute approximate surface area is 197 Å². The van der Waals surface area contributed by atoms with Crippen LogP contribution in [0.25, 0.3) is 39.5 Å². The zero-order valence-electron chi connectivity index (χ0n) is 17.9. The Bertz CT molecular complexity index is 1270. The predicted octanol–water partition coefficient (Wildman–Crippen LogP) is 8.39. The molecule has 0 saturated carbocycles. The van der Waals surface area contributed by atoms with Crippen LogP contribution in [0.15, 0.2) is 120 Å². The molecule has 1 heterocycles. The van der Waals surface area contributed by atoms with E-state index in [9.17, 15) is 0 Å². The third-order valence-corrected chi connectivity index (χ3v) is 5.63. The lowest BCUT2D eigenvalue weighted by Gasteiger charge is -2.10. The summed E-state index contributed by atoms with van der Waals surface area (Å²) in [7, 11) is 0. The molecular formula is C29H23BrN2. The monoisotopic (exact) mass is 478 g/mol. The molecule has 1 aromatic heterocycles. The summed E-state index contributed by atoms with van der Waals surface area (Å²) >= 11 is 3.51. The van der Waals surface area contributed by atoms with Crippen molar-refractivity contribution in [3.8, 4) is 33.9 Å². The molecule has 0 aliphatic carbocycles. The van der Waals surface area contributed by atoms with Crippen LogP contribution in [0.3, 0.4) is 0 Å². The van der Waals surface area contributed by atoms with Crippen molar-refractivity contribution in [1.29, 1.82) is 0 Å². The van der Waals surface area contributed by atoms with Crippen molar-refractivity contribution in [2.45, 2.75) is 6.92 Å². The Morgan fingerprint density at radius 2 is 1.38 bits per heavy atom. The average Bonchev–Trinajstić information content (AvgIpc) is 2.85. The van der Waals surface area contributed by atoms with Gasteiger partial charge in [0.05, 0.1) is 11.4 Å². The van der Waals surface area contributed by atoms with E-state index >= 15 is 0 Å². The Hall–Kier alpha value is -3.56. The van der Waals surface area contributed by atoms with Crippen molar-refractivity contribution in [3.63, 3.8) is 0 Å². The fraction of sp³-hybridized carbons (Fsp3) is 0.0345. The second-order valence-electron chi connectivity index (χ2n) is 7.26. The van der Waals surface area contributed by atoms with E-state index < -0.39 is 0 Å². The maximum absolute atomic E-state index is 4.89. The Morgan fingerprint density at radius 3 is 1.94 bits per heavy atom. The van der Waals surface area contributed by atoms with Gasteiger partial charge in [-0.3, -0.25) is 0 Å². The van der Waals surface area contributed by atoms with Crippen LogP contribution in [0, 0.1) is 0 Å². The number of aromatic nitrogens is 2. The number of nitrogens with zero attached hydrogens (tertiary/aromatic N) is 2. The highest BCUT2D eigenvalue weighted by Crippen LogP contribution is 2.29. The zero-order chi connectivity index (χ0) is 22.3. The maximum Gasteiger partial charge on any atom is 0.160 e. The second-order valence-corrected chi connectivity index (χ2v) is 8.18. The number of hydrogen-bond acceptors (Lipinski definition) is 2. The lowest BCUT2D eigenvalue weighted by Crippen LogP contribution is -1.96. The van der Waals surface area contributed by atoms with E-state index in [0.29, 0.717) is 5.82 Å². The molecule has 0 amide bonds. The Kier molecular flexibility index (Phi) is 6.88. The van der Waals surface area contributed by atoms with E-state index in [-0.39, 0.29) is 0 Å². The van der Waals surface area contributed by atoms with Crippen molar-refractivity contribution < 1.29 is 0 Å². The maximum atomic E-state index is 4.89. The van der Waals surface area contributed by atoms with Crippen molar-refractivity contribution in [1.82, 2.24) is 9.97 Å². The molecule has 0 radical (unpaired) electrons. The number of rotatable bonds is 6. The van der Waals surface area contributed by atoms with Crippen molar-refractivity contribution in [2.24, 2.45) is 0 Å². The van der Waals surface area contributed by atoms with Gasteiger partial charge in [-0.05, 0) is 36.3 Å². The van der Waals surface area contributed by atoms with Gasteiger partial charge in [0.15, 0.2) is 5.82 Å². The first kappa shape index (κ1) is 21.7. The van der Waals surface area contributed by atoms with Crippen LogP contribution in [-0.2, 0) is 0 Å². The lowest BCUT2D eigenvalue weighted by molar-refractivity contribution is 1.18. The van der Waals surface area contributed by atoms with Gasteiger partial charge in [-0.1, -0.05) is 114 Å². The van der Waals surface area contributed by atoms with Crippen molar-refractivity contribution in [3.05, 3.63) is 126 Å². The molecule has 0 aliphatic heterocycles. The van der Waals surface area contributed by atoms with Crippen LogP contribution in [-0.4, -0.2) is 9.97 Å². The quantitative estimate of drug-likeness (QED) is 0.260. The smallest absolute Gasteiger partial charge is 0.160 e. The first-order chi connectivity index (χ1) is 15.7. The summed E-state index contributed by atoms with van der Waals surface area (Å²) in [6, 6.07) is 28.8. The van der Waals surface area contributed by atoms with Gasteiger partial charge < -0.3 is 0 Å². The van der Waals surface area contributed by atoms with Gasteiger partial charge >= 0.3 is 0 Å². The molecule has 3 aromatic carbocycles. The van der Waals surface area contributed by atoms with E-state index in [4.69, 9.17) is 9.97 Å². The van der Waals surface area contributed by atoms with E-state index in [1.807, 2.05) is 67.6 Å². The minimum Gasteiger partial charge on any atom is -0.228 e. The summed E-state index contributed by atoms with van der Waals surface area (Å²) in [6.07, 6.45) is 7.96. The van der Waals surface area contributed by atoms with Crippen molar-refractivity contribution in [2.75, 3.05) is 0 Å². The summed E-state index contributed by atoms with van der Waals surface area (Å²) in [5.74, 6) is 0.713. The SMILES string of the molecule is C=C/C(=C\C=C/C)c1ccc(-c2cc(-c3ccc(Br)cc3)nc(-c3ccccc3)n2)cc1. The first-order valence-electron chi connectivity index (χ1n) is 10.4. The van der Waals surface area contributed by atoms with Gasteiger partial charge in [0.2, 0.25) is 0 Å². The minimum atomic E-state index is 0.713. The predicted molar refractivity (Wildman–Crippen MR) is 139 cm³/mol. The molecule has 0 N–H and O–H groups in total. The molecule has 4 aromatic rings. The number of halogens is 1. The third-order valence-electron chi connectivity index (χ3n) is 5.10. The van der Waals surface area contributed by atoms with Crippen LogP contribution in [0.1, 0.15) is 12.5 Å². The fourth-order valence-corrected chi connectivity index (χ4v) is 3.66. The topological polar surface area (TPSA) is 25.8 Å². The summed E-state index contributed by atoms with van der Waals surface area (Å²) < 4.78 is 1.04. The molecule has 0 bridgehead atoms. The fourth-order valence-electron chi connectivity index (χ4n) is 3.40. The van der Waals surface area contributed by atoms with Crippen LogP contribution in [0.4, 0.5) is 0 Å². The van der Waals surface area contributed by atoms with Crippen LogP contribution >= 0.6 is 15.9 Å². The minimum absolute atomic E-state index is 0.713. The normalized spacial score (nSPS) is 11.6. The second kappa shape index (κ2) is 10.2. The summed E-state index contributed by atoms with van der Waals surface area (Å²) in [5, 5.41) is 0. The van der Waals surface area contributed by atoms with Gasteiger partial charge in [0, 0.05) is 21.2 Å². The molecule has 0 fully saturated rings. The molecule has 0 saturated heterocycles.